The van der Waals surface area contributed by atoms with E-state index in [1.165, 1.54) is 6.08 Å². The van der Waals surface area contributed by atoms with Crippen molar-refractivity contribution in [1.29, 1.82) is 0 Å². The topological polar surface area (TPSA) is 60.8 Å². The first-order valence-electron chi connectivity index (χ1n) is 6.71. The van der Waals surface area contributed by atoms with Gasteiger partial charge in [-0.3, -0.25) is 9.69 Å². The van der Waals surface area contributed by atoms with E-state index in [-0.39, 0.29) is 18.0 Å². The molecule has 4 nitrogen and oxygen atoms in total. The summed E-state index contributed by atoms with van der Waals surface area (Å²) in [5.74, 6) is -0.0662. The van der Waals surface area contributed by atoms with Gasteiger partial charge in [0.15, 0.2) is 5.78 Å². The number of carbonyl (C=O) groups excluding carboxylic acids is 1. The number of rotatable bonds is 3. The lowest BCUT2D eigenvalue weighted by molar-refractivity contribution is -0.125. The molecule has 0 saturated carbocycles. The van der Waals surface area contributed by atoms with E-state index < -0.39 is 5.72 Å². The molecule has 1 atom stereocenters. The van der Waals surface area contributed by atoms with Crippen LogP contribution in [0, 0.1) is 0 Å². The maximum absolute atomic E-state index is 12.0. The Morgan fingerprint density at radius 1 is 1.29 bits per heavy atom. The van der Waals surface area contributed by atoms with Crippen molar-refractivity contribution in [2.45, 2.75) is 12.1 Å². The Kier molecular flexibility index (Phi) is 4.40. The van der Waals surface area contributed by atoms with Crippen LogP contribution in [0.3, 0.4) is 0 Å². The molecule has 0 aliphatic heterocycles. The number of aliphatic hydroxyl groups is 2. The van der Waals surface area contributed by atoms with E-state index in [0.717, 1.165) is 0 Å². The third-order valence-electron chi connectivity index (χ3n) is 3.54. The molecular formula is C17H19NO3. The molecule has 1 aromatic rings. The molecule has 110 valence electrons. The maximum Gasteiger partial charge on any atom is 0.167 e. The zero-order chi connectivity index (χ0) is 15.5. The highest BCUT2D eigenvalue weighted by Crippen LogP contribution is 2.24. The average molecular weight is 285 g/mol. The quantitative estimate of drug-likeness (QED) is 0.508. The van der Waals surface area contributed by atoms with Crippen LogP contribution in [0.1, 0.15) is 12.0 Å². The Labute approximate surface area is 124 Å². The van der Waals surface area contributed by atoms with Crippen molar-refractivity contribution in [2.75, 3.05) is 14.1 Å². The van der Waals surface area contributed by atoms with Gasteiger partial charge < -0.3 is 10.2 Å². The van der Waals surface area contributed by atoms with Gasteiger partial charge in [0.2, 0.25) is 0 Å². The fourth-order valence-corrected chi connectivity index (χ4v) is 2.04. The summed E-state index contributed by atoms with van der Waals surface area (Å²) < 4.78 is 0. The third kappa shape index (κ3) is 3.48. The molecule has 1 aliphatic rings. The minimum atomic E-state index is -1.24. The van der Waals surface area contributed by atoms with Gasteiger partial charge in [-0.2, -0.15) is 0 Å². The highest BCUT2D eigenvalue weighted by Gasteiger charge is 2.33. The van der Waals surface area contributed by atoms with Crippen molar-refractivity contribution in [3.63, 3.8) is 0 Å². The molecule has 0 heterocycles. The molecule has 0 fully saturated rings. The van der Waals surface area contributed by atoms with Crippen molar-refractivity contribution in [3.8, 4) is 0 Å². The van der Waals surface area contributed by atoms with E-state index in [0.29, 0.717) is 11.1 Å². The molecule has 0 bridgehead atoms. The van der Waals surface area contributed by atoms with Gasteiger partial charge in [0.1, 0.15) is 11.5 Å². The summed E-state index contributed by atoms with van der Waals surface area (Å²) in [6, 6.07) is 9.09. The fourth-order valence-electron chi connectivity index (χ4n) is 2.04. The number of likely N-dealkylation sites (N-methyl/N-ethyl adjacent to an activating group) is 1. The van der Waals surface area contributed by atoms with Crippen LogP contribution in [0.25, 0.3) is 5.76 Å². The molecule has 0 radical (unpaired) electrons. The average Bonchev–Trinajstić information content (AvgIpc) is 2.47. The maximum atomic E-state index is 12.0. The van der Waals surface area contributed by atoms with Crippen LogP contribution in [-0.2, 0) is 4.79 Å². The van der Waals surface area contributed by atoms with Gasteiger partial charge in [0, 0.05) is 11.1 Å². The lowest BCUT2D eigenvalue weighted by atomic mass is 9.92. The van der Waals surface area contributed by atoms with E-state index in [2.05, 4.69) is 0 Å². The van der Waals surface area contributed by atoms with Crippen LogP contribution < -0.4 is 0 Å². The van der Waals surface area contributed by atoms with Gasteiger partial charge in [-0.05, 0) is 32.3 Å². The number of nitrogens with zero attached hydrogens (tertiary/aromatic N) is 1. The van der Waals surface area contributed by atoms with E-state index in [4.69, 9.17) is 0 Å². The second-order valence-corrected chi connectivity index (χ2v) is 5.25. The molecule has 1 unspecified atom stereocenters. The number of carbonyl (C=O) groups is 1. The molecule has 2 rings (SSSR count). The summed E-state index contributed by atoms with van der Waals surface area (Å²) in [6.07, 6.45) is 6.24. The van der Waals surface area contributed by atoms with Gasteiger partial charge in [-0.1, -0.05) is 36.4 Å². The minimum absolute atomic E-state index is 0.00225. The number of hydrogen-bond donors (Lipinski definition) is 2. The van der Waals surface area contributed by atoms with Crippen molar-refractivity contribution in [1.82, 2.24) is 4.90 Å². The van der Waals surface area contributed by atoms with Crippen molar-refractivity contribution in [3.05, 3.63) is 65.8 Å². The Morgan fingerprint density at radius 2 is 1.95 bits per heavy atom. The smallest absolute Gasteiger partial charge is 0.167 e. The minimum Gasteiger partial charge on any atom is -0.507 e. The first kappa shape index (κ1) is 15.2. The Morgan fingerprint density at radius 3 is 2.52 bits per heavy atom. The number of Topliss-reactive ketones (excluding diaryl/α,β-unsaturated/α-hetero) is 1. The molecule has 2 N–H and O–H groups in total. The van der Waals surface area contributed by atoms with Crippen LogP contribution in [0.2, 0.25) is 0 Å². The number of hydrogen-bond acceptors (Lipinski definition) is 4. The first-order chi connectivity index (χ1) is 9.92. The van der Waals surface area contributed by atoms with Gasteiger partial charge in [0.25, 0.3) is 0 Å². The summed E-state index contributed by atoms with van der Waals surface area (Å²) in [5.41, 5.74) is -0.0880. The van der Waals surface area contributed by atoms with Crippen molar-refractivity contribution in [2.24, 2.45) is 0 Å². The van der Waals surface area contributed by atoms with Gasteiger partial charge in [-0.25, -0.2) is 0 Å². The monoisotopic (exact) mass is 285 g/mol. The summed E-state index contributed by atoms with van der Waals surface area (Å²) >= 11 is 0. The molecule has 1 aromatic carbocycles. The molecule has 21 heavy (non-hydrogen) atoms. The number of ketones is 1. The molecular weight excluding hydrogens is 266 g/mol. The van der Waals surface area contributed by atoms with Crippen molar-refractivity contribution < 1.29 is 15.0 Å². The SMILES string of the molecule is CN(C)C1(O)C=CC(=CC=C(O)c2ccccc2)C(=O)C1. The zero-order valence-electron chi connectivity index (χ0n) is 12.2. The predicted octanol–water partition coefficient (Wildman–Crippen LogP) is 2.29. The predicted molar refractivity (Wildman–Crippen MR) is 82.5 cm³/mol. The Balaban J connectivity index is 2.22. The van der Waals surface area contributed by atoms with Crippen LogP contribution in [-0.4, -0.2) is 40.7 Å². The fraction of sp³-hybridized carbons (Fsp3) is 0.235. The molecule has 4 heteroatoms. The number of benzene rings is 1. The Hall–Kier alpha value is -2.17. The normalized spacial score (nSPS) is 24.9. The largest absolute Gasteiger partial charge is 0.507 e. The number of aliphatic hydroxyl groups excluding tert-OH is 1. The molecule has 0 aromatic heterocycles. The molecule has 1 aliphatic carbocycles. The van der Waals surface area contributed by atoms with E-state index in [1.54, 1.807) is 49.4 Å². The summed E-state index contributed by atoms with van der Waals surface area (Å²) in [5, 5.41) is 20.2. The van der Waals surface area contributed by atoms with E-state index in [1.807, 2.05) is 18.2 Å². The highest BCUT2D eigenvalue weighted by atomic mass is 16.3. The molecule has 0 saturated heterocycles. The van der Waals surface area contributed by atoms with Crippen LogP contribution >= 0.6 is 0 Å². The second kappa shape index (κ2) is 6.08. The van der Waals surface area contributed by atoms with E-state index >= 15 is 0 Å². The van der Waals surface area contributed by atoms with Gasteiger partial charge >= 0.3 is 0 Å². The second-order valence-electron chi connectivity index (χ2n) is 5.25. The zero-order valence-corrected chi connectivity index (χ0v) is 12.2. The van der Waals surface area contributed by atoms with E-state index in [9.17, 15) is 15.0 Å². The summed E-state index contributed by atoms with van der Waals surface area (Å²) in [6.45, 7) is 0. The molecule has 0 amide bonds. The van der Waals surface area contributed by atoms with Gasteiger partial charge in [-0.15, -0.1) is 0 Å². The summed E-state index contributed by atoms with van der Waals surface area (Å²) in [7, 11) is 3.43. The van der Waals surface area contributed by atoms with Gasteiger partial charge in [0.05, 0.1) is 6.42 Å². The lowest BCUT2D eigenvalue weighted by Gasteiger charge is -2.33. The first-order valence-corrected chi connectivity index (χ1v) is 6.71. The molecule has 0 spiro atoms. The van der Waals surface area contributed by atoms with Crippen LogP contribution in [0.15, 0.2) is 60.2 Å². The summed E-state index contributed by atoms with van der Waals surface area (Å²) in [4.78, 5) is 13.6. The number of allylic oxidation sites excluding steroid dienone is 4. The third-order valence-corrected chi connectivity index (χ3v) is 3.54. The van der Waals surface area contributed by atoms with Crippen LogP contribution in [0.4, 0.5) is 0 Å². The van der Waals surface area contributed by atoms with Crippen LogP contribution in [0.5, 0.6) is 0 Å². The Bertz CT molecular complexity index is 614. The lowest BCUT2D eigenvalue weighted by Crippen LogP contribution is -2.45. The highest BCUT2D eigenvalue weighted by molar-refractivity contribution is 6.00. The van der Waals surface area contributed by atoms with Crippen molar-refractivity contribution >= 4 is 11.5 Å². The standard InChI is InChI=1S/C17H19NO3/c1-18(2)17(21)11-10-14(16(20)12-17)8-9-15(19)13-6-4-3-5-7-13/h3-11,19,21H,12H2,1-2H3.